The molecule has 0 bridgehead atoms. The summed E-state index contributed by atoms with van der Waals surface area (Å²) in [7, 11) is 0. The second-order valence-corrected chi connectivity index (χ2v) is 8.05. The van der Waals surface area contributed by atoms with E-state index in [4.69, 9.17) is 0 Å². The van der Waals surface area contributed by atoms with Gasteiger partial charge in [-0.3, -0.25) is 9.59 Å². The fourth-order valence-electron chi connectivity index (χ4n) is 3.27. The molecule has 2 atom stereocenters. The molecule has 0 radical (unpaired) electrons. The van der Waals surface area contributed by atoms with E-state index >= 15 is 0 Å². The van der Waals surface area contributed by atoms with Crippen molar-refractivity contribution in [1.82, 2.24) is 10.2 Å². The summed E-state index contributed by atoms with van der Waals surface area (Å²) in [5.74, 6) is -0.143. The summed E-state index contributed by atoms with van der Waals surface area (Å²) in [6, 6.07) is 13.7. The van der Waals surface area contributed by atoms with Crippen molar-refractivity contribution in [1.29, 1.82) is 0 Å². The molecule has 2 amide bonds. The molecule has 4 heteroatoms. The van der Waals surface area contributed by atoms with Crippen LogP contribution >= 0.6 is 0 Å². The van der Waals surface area contributed by atoms with Gasteiger partial charge in [0, 0.05) is 12.6 Å². The van der Waals surface area contributed by atoms with Crippen molar-refractivity contribution in [2.75, 3.05) is 0 Å². The second kappa shape index (κ2) is 10.2. The van der Waals surface area contributed by atoms with Gasteiger partial charge < -0.3 is 10.2 Å². The highest BCUT2D eigenvalue weighted by Crippen LogP contribution is 2.17. The summed E-state index contributed by atoms with van der Waals surface area (Å²) in [5.41, 5.74) is 5.42. The summed E-state index contributed by atoms with van der Waals surface area (Å²) < 4.78 is 0. The van der Waals surface area contributed by atoms with Crippen LogP contribution in [0.1, 0.15) is 55.0 Å². The third kappa shape index (κ3) is 6.18. The molecule has 0 spiro atoms. The third-order valence-electron chi connectivity index (χ3n) is 5.62. The summed E-state index contributed by atoms with van der Waals surface area (Å²) in [6.45, 7) is 12.3. The van der Waals surface area contributed by atoms with Crippen molar-refractivity contribution < 1.29 is 9.59 Å². The second-order valence-electron chi connectivity index (χ2n) is 8.05. The maximum Gasteiger partial charge on any atom is 0.242 e. The van der Waals surface area contributed by atoms with Gasteiger partial charge in [-0.2, -0.15) is 0 Å². The Morgan fingerprint density at radius 3 is 2.28 bits per heavy atom. The van der Waals surface area contributed by atoms with Gasteiger partial charge in [0.2, 0.25) is 11.8 Å². The molecule has 1 N–H and O–H groups in total. The molecule has 0 heterocycles. The third-order valence-corrected chi connectivity index (χ3v) is 5.62. The SMILES string of the molecule is CCC(C)NC(=O)C(C)N(Cc1ccccc1C)C(=O)Cc1cc(C)ccc1C. The van der Waals surface area contributed by atoms with Crippen LogP contribution in [0.3, 0.4) is 0 Å². The Bertz CT molecular complexity index is 860. The lowest BCUT2D eigenvalue weighted by Gasteiger charge is -2.30. The Kier molecular flexibility index (Phi) is 8.00. The highest BCUT2D eigenvalue weighted by molar-refractivity contribution is 5.88. The van der Waals surface area contributed by atoms with E-state index in [9.17, 15) is 9.59 Å². The van der Waals surface area contributed by atoms with Gasteiger partial charge in [0.25, 0.3) is 0 Å². The topological polar surface area (TPSA) is 49.4 Å². The smallest absolute Gasteiger partial charge is 0.242 e. The first kappa shape index (κ1) is 22.7. The monoisotopic (exact) mass is 394 g/mol. The summed E-state index contributed by atoms with van der Waals surface area (Å²) in [6.07, 6.45) is 1.15. The molecule has 2 aromatic rings. The molecule has 2 aromatic carbocycles. The van der Waals surface area contributed by atoms with Gasteiger partial charge in [-0.05, 0) is 63.3 Å². The molecule has 29 heavy (non-hydrogen) atoms. The van der Waals surface area contributed by atoms with Crippen LogP contribution in [0.4, 0.5) is 0 Å². The van der Waals surface area contributed by atoms with Crippen LogP contribution < -0.4 is 5.32 Å². The Morgan fingerprint density at radius 1 is 0.966 bits per heavy atom. The molecule has 2 rings (SSSR count). The van der Waals surface area contributed by atoms with E-state index in [2.05, 4.69) is 17.4 Å². The van der Waals surface area contributed by atoms with Crippen LogP contribution in [0.2, 0.25) is 0 Å². The number of hydrogen-bond acceptors (Lipinski definition) is 2. The summed E-state index contributed by atoms with van der Waals surface area (Å²) in [5, 5.41) is 3.02. The molecule has 156 valence electrons. The molecular weight excluding hydrogens is 360 g/mol. The van der Waals surface area contributed by atoms with Gasteiger partial charge in [0.1, 0.15) is 6.04 Å². The molecule has 0 saturated carbocycles. The zero-order valence-electron chi connectivity index (χ0n) is 18.6. The van der Waals surface area contributed by atoms with E-state index in [-0.39, 0.29) is 17.9 Å². The Labute approximate surface area is 175 Å². The molecule has 0 aromatic heterocycles. The number of rotatable bonds is 8. The zero-order valence-corrected chi connectivity index (χ0v) is 18.6. The van der Waals surface area contributed by atoms with Crippen molar-refractivity contribution in [2.45, 2.75) is 73.0 Å². The first-order chi connectivity index (χ1) is 13.7. The van der Waals surface area contributed by atoms with Gasteiger partial charge in [0.15, 0.2) is 0 Å². The molecule has 0 saturated heterocycles. The lowest BCUT2D eigenvalue weighted by molar-refractivity contribution is -0.140. The standard InChI is InChI=1S/C25H34N2O2/c1-7-20(5)26-25(29)21(6)27(16-22-11-9-8-10-18(22)3)24(28)15-23-14-17(2)12-13-19(23)4/h8-14,20-21H,7,15-16H2,1-6H3,(H,26,29). The van der Waals surface area contributed by atoms with Gasteiger partial charge in [0.05, 0.1) is 6.42 Å². The highest BCUT2D eigenvalue weighted by Gasteiger charge is 2.27. The van der Waals surface area contributed by atoms with Crippen molar-refractivity contribution in [3.63, 3.8) is 0 Å². The summed E-state index contributed by atoms with van der Waals surface area (Å²) >= 11 is 0. The van der Waals surface area contributed by atoms with E-state index in [1.54, 1.807) is 4.90 Å². The maximum atomic E-state index is 13.3. The molecule has 4 nitrogen and oxygen atoms in total. The molecule has 0 aliphatic carbocycles. The normalized spacial score (nSPS) is 12.9. The van der Waals surface area contributed by atoms with E-state index in [1.807, 2.05) is 71.9 Å². The Morgan fingerprint density at radius 2 is 1.62 bits per heavy atom. The van der Waals surface area contributed by atoms with Gasteiger partial charge >= 0.3 is 0 Å². The van der Waals surface area contributed by atoms with Crippen LogP contribution in [-0.2, 0) is 22.6 Å². The number of amides is 2. The molecule has 0 fully saturated rings. The van der Waals surface area contributed by atoms with E-state index in [0.717, 1.165) is 34.2 Å². The predicted octanol–water partition coefficient (Wildman–Crippen LogP) is 4.49. The van der Waals surface area contributed by atoms with Gasteiger partial charge in [-0.15, -0.1) is 0 Å². The zero-order chi connectivity index (χ0) is 21.6. The minimum Gasteiger partial charge on any atom is -0.352 e. The fraction of sp³-hybridized carbons (Fsp3) is 0.440. The number of aryl methyl sites for hydroxylation is 3. The molecule has 0 aliphatic rings. The quantitative estimate of drug-likeness (QED) is 0.717. The Balaban J connectivity index is 2.29. The van der Waals surface area contributed by atoms with Gasteiger partial charge in [-0.25, -0.2) is 0 Å². The largest absolute Gasteiger partial charge is 0.352 e. The molecule has 0 aliphatic heterocycles. The number of hydrogen-bond donors (Lipinski definition) is 1. The lowest BCUT2D eigenvalue weighted by atomic mass is 10.0. The first-order valence-electron chi connectivity index (χ1n) is 10.4. The molecular formula is C25H34N2O2. The lowest BCUT2D eigenvalue weighted by Crippen LogP contribution is -2.50. The van der Waals surface area contributed by atoms with Crippen LogP contribution in [0.5, 0.6) is 0 Å². The first-order valence-corrected chi connectivity index (χ1v) is 10.4. The average Bonchev–Trinajstić information content (AvgIpc) is 2.69. The van der Waals surface area contributed by atoms with Crippen LogP contribution in [-0.4, -0.2) is 28.8 Å². The predicted molar refractivity (Wildman–Crippen MR) is 119 cm³/mol. The van der Waals surface area contributed by atoms with Crippen molar-refractivity contribution in [3.8, 4) is 0 Å². The molecule has 2 unspecified atom stereocenters. The van der Waals surface area contributed by atoms with Crippen molar-refractivity contribution >= 4 is 11.8 Å². The number of nitrogens with one attached hydrogen (secondary N) is 1. The van der Waals surface area contributed by atoms with E-state index < -0.39 is 6.04 Å². The number of nitrogens with zero attached hydrogens (tertiary/aromatic N) is 1. The van der Waals surface area contributed by atoms with Gasteiger partial charge in [-0.1, -0.05) is 55.0 Å². The number of carbonyl (C=O) groups excluding carboxylic acids is 2. The maximum absolute atomic E-state index is 13.3. The fourth-order valence-corrected chi connectivity index (χ4v) is 3.27. The van der Waals surface area contributed by atoms with E-state index in [1.165, 1.54) is 0 Å². The number of carbonyl (C=O) groups is 2. The van der Waals surface area contributed by atoms with Crippen LogP contribution in [0, 0.1) is 20.8 Å². The minimum absolute atomic E-state index is 0.0336. The average molecular weight is 395 g/mol. The van der Waals surface area contributed by atoms with Crippen molar-refractivity contribution in [2.24, 2.45) is 0 Å². The number of benzene rings is 2. The Hall–Kier alpha value is -2.62. The van der Waals surface area contributed by atoms with E-state index in [0.29, 0.717) is 13.0 Å². The van der Waals surface area contributed by atoms with Crippen molar-refractivity contribution in [3.05, 3.63) is 70.3 Å². The van der Waals surface area contributed by atoms with Crippen LogP contribution in [0.15, 0.2) is 42.5 Å². The van der Waals surface area contributed by atoms with Crippen LogP contribution in [0.25, 0.3) is 0 Å². The summed E-state index contributed by atoms with van der Waals surface area (Å²) in [4.78, 5) is 27.9. The highest BCUT2D eigenvalue weighted by atomic mass is 16.2. The minimum atomic E-state index is -0.541.